The second-order valence-electron chi connectivity index (χ2n) is 4.22. The molecular weight excluding hydrogens is 296 g/mol. The third-order valence-electron chi connectivity index (χ3n) is 2.46. The molecule has 0 saturated carbocycles. The average molecular weight is 310 g/mol. The Morgan fingerprint density at radius 1 is 1.29 bits per heavy atom. The summed E-state index contributed by atoms with van der Waals surface area (Å²) in [5, 5.41) is 20.9. The van der Waals surface area contributed by atoms with Gasteiger partial charge in [-0.15, -0.1) is 0 Å². The average Bonchev–Trinajstić information content (AvgIpc) is 2.27. The summed E-state index contributed by atoms with van der Waals surface area (Å²) in [6, 6.07) is 1.91. The van der Waals surface area contributed by atoms with Crippen molar-refractivity contribution in [3.63, 3.8) is 0 Å². The third-order valence-corrected chi connectivity index (χ3v) is 3.09. The van der Waals surface area contributed by atoms with Crippen LogP contribution < -0.4 is 5.32 Å². The van der Waals surface area contributed by atoms with E-state index in [9.17, 15) is 8.78 Å². The van der Waals surface area contributed by atoms with E-state index in [0.717, 1.165) is 12.1 Å². The minimum Gasteiger partial charge on any atom is -0.396 e. The number of halogens is 3. The second-order valence-corrected chi connectivity index (χ2v) is 5.08. The molecule has 1 rings (SSSR count). The third kappa shape index (κ3) is 3.62. The molecule has 0 heterocycles. The molecule has 17 heavy (non-hydrogen) atoms. The van der Waals surface area contributed by atoms with Gasteiger partial charge in [0.05, 0.1) is 18.9 Å². The van der Waals surface area contributed by atoms with Crippen molar-refractivity contribution in [2.45, 2.75) is 6.92 Å². The Hall–Kier alpha value is -0.720. The molecule has 3 N–H and O–H groups in total. The molecule has 1 aromatic rings. The van der Waals surface area contributed by atoms with Gasteiger partial charge < -0.3 is 15.5 Å². The summed E-state index contributed by atoms with van der Waals surface area (Å²) in [5.74, 6) is -1.40. The summed E-state index contributed by atoms with van der Waals surface area (Å²) < 4.78 is 26.5. The Labute approximate surface area is 107 Å². The maximum Gasteiger partial charge on any atom is 0.150 e. The molecule has 96 valence electrons. The monoisotopic (exact) mass is 309 g/mol. The van der Waals surface area contributed by atoms with Crippen LogP contribution in [0.2, 0.25) is 0 Å². The van der Waals surface area contributed by atoms with Crippen LogP contribution in [-0.2, 0) is 0 Å². The highest BCUT2D eigenvalue weighted by molar-refractivity contribution is 9.10. The highest BCUT2D eigenvalue weighted by Crippen LogP contribution is 2.28. The Morgan fingerprint density at radius 2 is 1.88 bits per heavy atom. The fourth-order valence-corrected chi connectivity index (χ4v) is 1.72. The Bertz CT molecular complexity index is 374. The Balaban J connectivity index is 2.83. The van der Waals surface area contributed by atoms with Crippen molar-refractivity contribution < 1.29 is 19.0 Å². The maximum absolute atomic E-state index is 13.4. The lowest BCUT2D eigenvalue weighted by molar-refractivity contribution is 0.0806. The minimum absolute atomic E-state index is 0.111. The van der Waals surface area contributed by atoms with Crippen molar-refractivity contribution in [3.8, 4) is 0 Å². The molecule has 3 nitrogen and oxygen atoms in total. The van der Waals surface area contributed by atoms with Crippen LogP contribution in [0.15, 0.2) is 16.6 Å². The predicted molar refractivity (Wildman–Crippen MR) is 64.8 cm³/mol. The number of benzene rings is 1. The Kier molecular flexibility index (Phi) is 4.85. The van der Waals surface area contributed by atoms with Crippen molar-refractivity contribution in [1.82, 2.24) is 0 Å². The molecule has 6 heteroatoms. The SMILES string of the molecule is CC(CO)(CO)CNc1c(F)cc(F)cc1Br. The van der Waals surface area contributed by atoms with Crippen molar-refractivity contribution in [3.05, 3.63) is 28.2 Å². The van der Waals surface area contributed by atoms with Gasteiger partial charge in [-0.3, -0.25) is 0 Å². The molecule has 0 spiro atoms. The zero-order valence-corrected chi connectivity index (χ0v) is 10.9. The topological polar surface area (TPSA) is 52.5 Å². The summed E-state index contributed by atoms with van der Waals surface area (Å²) in [6.45, 7) is 1.34. The standard InChI is InChI=1S/C11H14BrF2NO2/c1-11(5-16,6-17)4-15-10-8(12)2-7(13)3-9(10)14/h2-3,15-17H,4-6H2,1H3. The van der Waals surface area contributed by atoms with E-state index < -0.39 is 17.0 Å². The highest BCUT2D eigenvalue weighted by Gasteiger charge is 2.23. The van der Waals surface area contributed by atoms with Crippen LogP contribution in [0.25, 0.3) is 0 Å². The van der Waals surface area contributed by atoms with Gasteiger partial charge in [-0.05, 0) is 22.0 Å². The van der Waals surface area contributed by atoms with Crippen molar-refractivity contribution in [1.29, 1.82) is 0 Å². The van der Waals surface area contributed by atoms with E-state index >= 15 is 0 Å². The fraction of sp³-hybridized carbons (Fsp3) is 0.455. The van der Waals surface area contributed by atoms with Gasteiger partial charge in [-0.1, -0.05) is 6.92 Å². The van der Waals surface area contributed by atoms with Crippen molar-refractivity contribution in [2.75, 3.05) is 25.1 Å². The van der Waals surface area contributed by atoms with E-state index in [4.69, 9.17) is 10.2 Å². The normalized spacial score (nSPS) is 11.6. The minimum atomic E-state index is -0.764. The zero-order chi connectivity index (χ0) is 13.1. The van der Waals surface area contributed by atoms with Gasteiger partial charge in [-0.2, -0.15) is 0 Å². The van der Waals surface area contributed by atoms with E-state index in [2.05, 4.69) is 21.2 Å². The van der Waals surface area contributed by atoms with Crippen LogP contribution >= 0.6 is 15.9 Å². The van der Waals surface area contributed by atoms with Crippen LogP contribution in [0.1, 0.15) is 6.92 Å². The number of nitrogens with one attached hydrogen (secondary N) is 1. The van der Waals surface area contributed by atoms with E-state index in [1.54, 1.807) is 6.92 Å². The summed E-state index contributed by atoms with van der Waals surface area (Å²) in [6.07, 6.45) is 0. The lowest BCUT2D eigenvalue weighted by Crippen LogP contribution is -2.34. The van der Waals surface area contributed by atoms with Gasteiger partial charge in [0, 0.05) is 22.5 Å². The van der Waals surface area contributed by atoms with Crippen LogP contribution in [0, 0.1) is 17.0 Å². The Morgan fingerprint density at radius 3 is 2.35 bits per heavy atom. The first-order chi connectivity index (χ1) is 7.91. The van der Waals surface area contributed by atoms with Crippen LogP contribution in [0.4, 0.5) is 14.5 Å². The molecule has 0 radical (unpaired) electrons. The fourth-order valence-electron chi connectivity index (χ4n) is 1.17. The van der Waals surface area contributed by atoms with Gasteiger partial charge in [0.2, 0.25) is 0 Å². The number of hydrogen-bond acceptors (Lipinski definition) is 3. The highest BCUT2D eigenvalue weighted by atomic mass is 79.9. The number of aliphatic hydroxyl groups excluding tert-OH is 2. The number of anilines is 1. The molecule has 0 aliphatic carbocycles. The molecular formula is C11H14BrF2NO2. The smallest absolute Gasteiger partial charge is 0.150 e. The van der Waals surface area contributed by atoms with Crippen molar-refractivity contribution >= 4 is 21.6 Å². The number of aliphatic hydroxyl groups is 2. The largest absolute Gasteiger partial charge is 0.396 e. The summed E-state index contributed by atoms with van der Waals surface area (Å²) >= 11 is 3.04. The van der Waals surface area contributed by atoms with Gasteiger partial charge in [0.1, 0.15) is 11.6 Å². The first kappa shape index (κ1) is 14.3. The molecule has 0 unspecified atom stereocenters. The molecule has 0 saturated heterocycles. The van der Waals surface area contributed by atoms with Crippen LogP contribution in [0.5, 0.6) is 0 Å². The van der Waals surface area contributed by atoms with Gasteiger partial charge >= 0.3 is 0 Å². The van der Waals surface area contributed by atoms with Crippen LogP contribution in [-0.4, -0.2) is 30.0 Å². The summed E-state index contributed by atoms with van der Waals surface area (Å²) in [7, 11) is 0. The lowest BCUT2D eigenvalue weighted by atomic mass is 9.93. The summed E-state index contributed by atoms with van der Waals surface area (Å²) in [4.78, 5) is 0. The van der Waals surface area contributed by atoms with Gasteiger partial charge in [-0.25, -0.2) is 8.78 Å². The quantitative estimate of drug-likeness (QED) is 0.781. The van der Waals surface area contributed by atoms with Gasteiger partial charge in [0.25, 0.3) is 0 Å². The first-order valence-electron chi connectivity index (χ1n) is 5.02. The van der Waals surface area contributed by atoms with E-state index in [-0.39, 0.29) is 29.9 Å². The number of hydrogen-bond donors (Lipinski definition) is 3. The molecule has 0 aliphatic rings. The molecule has 0 fully saturated rings. The van der Waals surface area contributed by atoms with E-state index in [1.165, 1.54) is 0 Å². The van der Waals surface area contributed by atoms with E-state index in [0.29, 0.717) is 0 Å². The zero-order valence-electron chi connectivity index (χ0n) is 9.30. The number of rotatable bonds is 5. The van der Waals surface area contributed by atoms with Crippen molar-refractivity contribution in [2.24, 2.45) is 5.41 Å². The second kappa shape index (κ2) is 5.75. The van der Waals surface area contributed by atoms with E-state index in [1.807, 2.05) is 0 Å². The molecule has 0 aromatic heterocycles. The molecule has 0 aliphatic heterocycles. The van der Waals surface area contributed by atoms with Crippen LogP contribution in [0.3, 0.4) is 0 Å². The predicted octanol–water partition coefficient (Wildman–Crippen LogP) is 2.13. The molecule has 1 aromatic carbocycles. The first-order valence-corrected chi connectivity index (χ1v) is 5.81. The summed E-state index contributed by atoms with van der Waals surface area (Å²) in [5.41, 5.74) is -0.653. The molecule has 0 amide bonds. The maximum atomic E-state index is 13.4. The lowest BCUT2D eigenvalue weighted by Gasteiger charge is -2.25. The molecule has 0 bridgehead atoms. The van der Waals surface area contributed by atoms with Gasteiger partial charge in [0.15, 0.2) is 0 Å². The molecule has 0 atom stereocenters.